The minimum absolute atomic E-state index is 0.0644. The predicted octanol–water partition coefficient (Wildman–Crippen LogP) is 2.45. The average Bonchev–Trinajstić information content (AvgIpc) is 3.21. The number of amides is 2. The van der Waals surface area contributed by atoms with Crippen LogP contribution in [0.15, 0.2) is 30.3 Å². The van der Waals surface area contributed by atoms with E-state index in [0.717, 1.165) is 0 Å². The van der Waals surface area contributed by atoms with Crippen LogP contribution in [0.2, 0.25) is 0 Å². The van der Waals surface area contributed by atoms with Crippen molar-refractivity contribution in [1.82, 2.24) is 20.4 Å². The van der Waals surface area contributed by atoms with Crippen LogP contribution in [0.5, 0.6) is 0 Å². The van der Waals surface area contributed by atoms with Crippen LogP contribution in [0.25, 0.3) is 11.3 Å². The van der Waals surface area contributed by atoms with E-state index < -0.39 is 0 Å². The van der Waals surface area contributed by atoms with E-state index in [4.69, 9.17) is 0 Å². The molecule has 2 aromatic rings. The minimum Gasteiger partial charge on any atom is -0.351 e. The third-order valence-corrected chi connectivity index (χ3v) is 4.86. The molecule has 0 unspecified atom stereocenters. The van der Waals surface area contributed by atoms with Gasteiger partial charge in [-0.15, -0.1) is 0 Å². The van der Waals surface area contributed by atoms with E-state index >= 15 is 0 Å². The number of rotatable bonds is 4. The van der Waals surface area contributed by atoms with E-state index in [0.29, 0.717) is 36.0 Å². The summed E-state index contributed by atoms with van der Waals surface area (Å²) in [6, 6.07) is 7.81. The average molecular weight is 358 g/mol. The van der Waals surface area contributed by atoms with Crippen LogP contribution in [-0.4, -0.2) is 46.0 Å². The Hall–Kier alpha value is -2.70. The first-order valence-electron chi connectivity index (χ1n) is 8.73. The van der Waals surface area contributed by atoms with Gasteiger partial charge in [0.2, 0.25) is 5.91 Å². The largest absolute Gasteiger partial charge is 0.351 e. The van der Waals surface area contributed by atoms with Crippen molar-refractivity contribution in [2.75, 3.05) is 13.1 Å². The van der Waals surface area contributed by atoms with Crippen LogP contribution in [-0.2, 0) is 4.79 Å². The zero-order valence-corrected chi connectivity index (χ0v) is 15.1. The van der Waals surface area contributed by atoms with Crippen LogP contribution in [0, 0.1) is 17.7 Å². The molecular formula is C19H23FN4O2. The number of likely N-dealkylation sites (tertiary alicyclic amines) is 1. The standard InChI is InChI=1S/C19H23FN4O2/c1-11(2)14-9-24(10-18(14)21-12(3)25)19(26)17-8-16(22-23-17)13-6-4-5-7-15(13)20/h4-8,11,14,18H,9-10H2,1-3H3,(H,21,25)(H,22,23)/t14-,18+/m0/s1. The van der Waals surface area contributed by atoms with Gasteiger partial charge in [-0.25, -0.2) is 4.39 Å². The summed E-state index contributed by atoms with van der Waals surface area (Å²) in [5, 5.41) is 9.73. The molecule has 1 aromatic heterocycles. The van der Waals surface area contributed by atoms with Crippen molar-refractivity contribution < 1.29 is 14.0 Å². The molecule has 6 nitrogen and oxygen atoms in total. The first kappa shape index (κ1) is 18.1. The van der Waals surface area contributed by atoms with Gasteiger partial charge in [0, 0.05) is 31.5 Å². The fraction of sp³-hybridized carbons (Fsp3) is 0.421. The van der Waals surface area contributed by atoms with Crippen molar-refractivity contribution in [2.24, 2.45) is 11.8 Å². The zero-order valence-electron chi connectivity index (χ0n) is 15.1. The maximum atomic E-state index is 13.9. The van der Waals surface area contributed by atoms with Crippen molar-refractivity contribution in [3.05, 3.63) is 41.8 Å². The molecule has 2 amide bonds. The second kappa shape index (κ2) is 7.27. The van der Waals surface area contributed by atoms with Crippen molar-refractivity contribution in [1.29, 1.82) is 0 Å². The summed E-state index contributed by atoms with van der Waals surface area (Å²) in [4.78, 5) is 26.0. The third-order valence-electron chi connectivity index (χ3n) is 4.86. The Morgan fingerprint density at radius 1 is 1.31 bits per heavy atom. The van der Waals surface area contributed by atoms with E-state index in [1.165, 1.54) is 13.0 Å². The summed E-state index contributed by atoms with van der Waals surface area (Å²) in [6.07, 6.45) is 0. The van der Waals surface area contributed by atoms with Gasteiger partial charge in [-0.2, -0.15) is 5.10 Å². The molecule has 1 aliphatic rings. The highest BCUT2D eigenvalue weighted by molar-refractivity contribution is 5.93. The Kier molecular flexibility index (Phi) is 5.06. The van der Waals surface area contributed by atoms with Crippen LogP contribution >= 0.6 is 0 Å². The summed E-state index contributed by atoms with van der Waals surface area (Å²) in [6.45, 7) is 6.67. The molecule has 0 spiro atoms. The van der Waals surface area contributed by atoms with Gasteiger partial charge < -0.3 is 10.2 Å². The lowest BCUT2D eigenvalue weighted by atomic mass is 9.91. The molecule has 0 bridgehead atoms. The number of carbonyl (C=O) groups excluding carboxylic acids is 2. The number of benzene rings is 1. The zero-order chi connectivity index (χ0) is 18.8. The molecule has 138 valence electrons. The van der Waals surface area contributed by atoms with Gasteiger partial charge >= 0.3 is 0 Å². The van der Waals surface area contributed by atoms with E-state index in [1.807, 2.05) is 0 Å². The quantitative estimate of drug-likeness (QED) is 0.881. The van der Waals surface area contributed by atoms with Gasteiger partial charge in [-0.3, -0.25) is 14.7 Å². The number of halogens is 1. The number of nitrogens with one attached hydrogen (secondary N) is 2. The number of nitrogens with zero attached hydrogens (tertiary/aromatic N) is 2. The van der Waals surface area contributed by atoms with Gasteiger partial charge in [0.25, 0.3) is 5.91 Å². The fourth-order valence-electron chi connectivity index (χ4n) is 3.49. The second-order valence-corrected chi connectivity index (χ2v) is 7.07. The summed E-state index contributed by atoms with van der Waals surface area (Å²) < 4.78 is 13.9. The molecule has 1 saturated heterocycles. The van der Waals surface area contributed by atoms with Gasteiger partial charge in [0.15, 0.2) is 0 Å². The molecule has 1 aromatic carbocycles. The number of aromatic nitrogens is 2. The molecule has 0 radical (unpaired) electrons. The van der Waals surface area contributed by atoms with Crippen LogP contribution in [0.4, 0.5) is 4.39 Å². The summed E-state index contributed by atoms with van der Waals surface area (Å²) >= 11 is 0. The molecule has 0 saturated carbocycles. The Labute approximate surface area is 151 Å². The maximum absolute atomic E-state index is 13.9. The van der Waals surface area contributed by atoms with Crippen LogP contribution in [0.3, 0.4) is 0 Å². The Bertz CT molecular complexity index is 817. The lowest BCUT2D eigenvalue weighted by Crippen LogP contribution is -2.41. The van der Waals surface area contributed by atoms with E-state index in [1.54, 1.807) is 29.2 Å². The maximum Gasteiger partial charge on any atom is 0.271 e. The SMILES string of the molecule is CC(=O)N[C@@H]1CN(C(=O)c2cc(-c3ccccc3F)n[nH]2)C[C@H]1C(C)C. The minimum atomic E-state index is -0.384. The smallest absolute Gasteiger partial charge is 0.271 e. The van der Waals surface area contributed by atoms with Crippen molar-refractivity contribution in [2.45, 2.75) is 26.8 Å². The van der Waals surface area contributed by atoms with Gasteiger partial charge in [-0.1, -0.05) is 26.0 Å². The lowest BCUT2D eigenvalue weighted by molar-refractivity contribution is -0.119. The number of H-pyrrole nitrogens is 1. The highest BCUT2D eigenvalue weighted by atomic mass is 19.1. The highest BCUT2D eigenvalue weighted by Gasteiger charge is 2.38. The monoisotopic (exact) mass is 358 g/mol. The van der Waals surface area contributed by atoms with Crippen LogP contribution < -0.4 is 5.32 Å². The third kappa shape index (κ3) is 3.61. The van der Waals surface area contributed by atoms with Gasteiger partial charge in [0.05, 0.1) is 11.7 Å². The van der Waals surface area contributed by atoms with Gasteiger partial charge in [0.1, 0.15) is 11.5 Å². The Morgan fingerprint density at radius 2 is 2.04 bits per heavy atom. The Balaban J connectivity index is 1.78. The molecule has 1 aliphatic heterocycles. The van der Waals surface area contributed by atoms with Crippen molar-refractivity contribution >= 4 is 11.8 Å². The summed E-state index contributed by atoms with van der Waals surface area (Å²) in [7, 11) is 0. The fourth-order valence-corrected chi connectivity index (χ4v) is 3.49. The predicted molar refractivity (Wildman–Crippen MR) is 95.8 cm³/mol. The van der Waals surface area contributed by atoms with E-state index in [9.17, 15) is 14.0 Å². The molecule has 26 heavy (non-hydrogen) atoms. The van der Waals surface area contributed by atoms with Crippen molar-refractivity contribution in [3.63, 3.8) is 0 Å². The Morgan fingerprint density at radius 3 is 2.69 bits per heavy atom. The van der Waals surface area contributed by atoms with Gasteiger partial charge in [-0.05, 0) is 24.1 Å². The number of hydrogen-bond donors (Lipinski definition) is 2. The molecular weight excluding hydrogens is 335 g/mol. The normalized spacial score (nSPS) is 19.8. The van der Waals surface area contributed by atoms with Crippen LogP contribution in [0.1, 0.15) is 31.3 Å². The molecule has 2 atom stereocenters. The summed E-state index contributed by atoms with van der Waals surface area (Å²) in [5.41, 5.74) is 1.05. The van der Waals surface area contributed by atoms with E-state index in [-0.39, 0.29) is 29.6 Å². The number of aromatic amines is 1. The number of carbonyl (C=O) groups is 2. The molecule has 0 aliphatic carbocycles. The molecule has 3 rings (SSSR count). The molecule has 7 heteroatoms. The first-order chi connectivity index (χ1) is 12.4. The summed E-state index contributed by atoms with van der Waals surface area (Å²) in [5.74, 6) is -0.154. The molecule has 2 N–H and O–H groups in total. The topological polar surface area (TPSA) is 78.1 Å². The van der Waals surface area contributed by atoms with E-state index in [2.05, 4.69) is 29.4 Å². The highest BCUT2D eigenvalue weighted by Crippen LogP contribution is 2.27. The first-order valence-corrected chi connectivity index (χ1v) is 8.73. The van der Waals surface area contributed by atoms with Crippen molar-refractivity contribution in [3.8, 4) is 11.3 Å². The second-order valence-electron chi connectivity index (χ2n) is 7.07. The number of hydrogen-bond acceptors (Lipinski definition) is 3. The molecule has 2 heterocycles. The lowest BCUT2D eigenvalue weighted by Gasteiger charge is -2.21. The molecule has 1 fully saturated rings.